The highest BCUT2D eigenvalue weighted by atomic mass is 16.3. The second kappa shape index (κ2) is 13.9. The number of aromatic nitrogens is 6. The summed E-state index contributed by atoms with van der Waals surface area (Å²) < 4.78 is 15.2. The van der Waals surface area contributed by atoms with E-state index in [-0.39, 0.29) is 0 Å². The van der Waals surface area contributed by atoms with Crippen LogP contribution in [0.3, 0.4) is 0 Å². The first-order valence-corrected chi connectivity index (χ1v) is 20.8. The molecule has 0 atom stereocenters. The van der Waals surface area contributed by atoms with Gasteiger partial charge < -0.3 is 13.4 Å². The van der Waals surface area contributed by atoms with Crippen molar-refractivity contribution in [1.82, 2.24) is 29.5 Å². The number of rotatable bonds is 6. The number of benzene rings is 8. The molecule has 5 aromatic heterocycles. The van der Waals surface area contributed by atoms with E-state index in [1.165, 1.54) is 0 Å². The van der Waals surface area contributed by atoms with E-state index in [1.807, 2.05) is 115 Å². The molecule has 13 rings (SSSR count). The van der Waals surface area contributed by atoms with Crippen molar-refractivity contribution in [3.8, 4) is 62.5 Å². The van der Waals surface area contributed by atoms with Gasteiger partial charge in [-0.15, -0.1) is 0 Å². The van der Waals surface area contributed by atoms with Gasteiger partial charge in [-0.2, -0.15) is 0 Å². The van der Waals surface area contributed by atoms with Gasteiger partial charge in [-0.05, 0) is 54.6 Å². The Bertz CT molecular complexity index is 3850. The Balaban J connectivity index is 1.13. The maximum absolute atomic E-state index is 6.47. The molecule has 13 aromatic rings. The van der Waals surface area contributed by atoms with Crippen LogP contribution in [0, 0.1) is 0 Å². The van der Waals surface area contributed by atoms with Gasteiger partial charge in [0.05, 0.1) is 16.7 Å². The van der Waals surface area contributed by atoms with Crippen LogP contribution in [0.2, 0.25) is 0 Å². The first kappa shape index (κ1) is 35.0. The molecule has 8 heteroatoms. The van der Waals surface area contributed by atoms with Crippen molar-refractivity contribution < 1.29 is 8.83 Å². The smallest absolute Gasteiger partial charge is 0.180 e. The van der Waals surface area contributed by atoms with E-state index in [4.69, 9.17) is 33.8 Å². The molecule has 8 nitrogen and oxygen atoms in total. The minimum atomic E-state index is 0.512. The number of furan rings is 2. The van der Waals surface area contributed by atoms with E-state index >= 15 is 0 Å². The van der Waals surface area contributed by atoms with Crippen LogP contribution in [-0.2, 0) is 0 Å². The number of nitrogens with zero attached hydrogens (tertiary/aromatic N) is 6. The van der Waals surface area contributed by atoms with Crippen LogP contribution in [-0.4, -0.2) is 29.5 Å². The summed E-state index contributed by atoms with van der Waals surface area (Å²) in [4.78, 5) is 26.2. The highest BCUT2D eigenvalue weighted by Crippen LogP contribution is 2.42. The van der Waals surface area contributed by atoms with Crippen LogP contribution < -0.4 is 0 Å². The maximum atomic E-state index is 6.47. The lowest BCUT2D eigenvalue weighted by molar-refractivity contribution is 0.667. The van der Waals surface area contributed by atoms with Gasteiger partial charge in [-0.3, -0.25) is 0 Å². The summed E-state index contributed by atoms with van der Waals surface area (Å²) in [5.41, 5.74) is 11.8. The van der Waals surface area contributed by atoms with Crippen molar-refractivity contribution in [2.45, 2.75) is 0 Å². The lowest BCUT2D eigenvalue weighted by Crippen LogP contribution is -2.04. The van der Waals surface area contributed by atoms with Gasteiger partial charge in [-0.1, -0.05) is 140 Å². The lowest BCUT2D eigenvalue weighted by Gasteiger charge is -2.16. The summed E-state index contributed by atoms with van der Waals surface area (Å²) in [5, 5.41) is 5.20. The summed E-state index contributed by atoms with van der Waals surface area (Å²) in [6.07, 6.45) is 0. The molecule has 0 spiro atoms. The van der Waals surface area contributed by atoms with Gasteiger partial charge >= 0.3 is 0 Å². The predicted molar refractivity (Wildman–Crippen MR) is 251 cm³/mol. The van der Waals surface area contributed by atoms with Gasteiger partial charge in [0.1, 0.15) is 28.0 Å². The van der Waals surface area contributed by atoms with E-state index in [1.54, 1.807) is 0 Å². The Morgan fingerprint density at radius 2 is 0.905 bits per heavy atom. The standard InChI is InChI=1S/C55H32N6O2/c1-4-16-33(17-5-1)49-51-50(39-24-12-15-27-47(39)63-51)57-54(56-49)36-28-29-44(42(30-36)55-59-52(34-18-6-2-7-19-34)58-53(60-55)35-20-8-3-9-21-35)61-43-25-13-10-22-37(43)40-32-48-41(31-45(40)61)38-23-11-14-26-46(38)62-48/h1-32H. The van der Waals surface area contributed by atoms with E-state index in [9.17, 15) is 0 Å². The normalized spacial score (nSPS) is 11.8. The minimum absolute atomic E-state index is 0.512. The molecule has 0 amide bonds. The maximum Gasteiger partial charge on any atom is 0.180 e. The molecule has 0 fully saturated rings. The first-order valence-electron chi connectivity index (χ1n) is 20.8. The van der Waals surface area contributed by atoms with Gasteiger partial charge in [0.25, 0.3) is 0 Å². The Kier molecular flexibility index (Phi) is 7.74. The van der Waals surface area contributed by atoms with Crippen LogP contribution in [0.4, 0.5) is 0 Å². The molecular formula is C55H32N6O2. The van der Waals surface area contributed by atoms with E-state index < -0.39 is 0 Å². The van der Waals surface area contributed by atoms with Crippen molar-refractivity contribution in [1.29, 1.82) is 0 Å². The van der Waals surface area contributed by atoms with Crippen LogP contribution in [0.5, 0.6) is 0 Å². The van der Waals surface area contributed by atoms with Gasteiger partial charge in [0.2, 0.25) is 0 Å². The molecule has 8 aromatic carbocycles. The molecule has 0 N–H and O–H groups in total. The quantitative estimate of drug-likeness (QED) is 0.165. The fourth-order valence-corrected chi connectivity index (χ4v) is 8.94. The average molecular weight is 809 g/mol. The molecule has 0 aliphatic rings. The Morgan fingerprint density at radius 3 is 1.62 bits per heavy atom. The largest absolute Gasteiger partial charge is 0.456 e. The number of fused-ring (bicyclic) bond motifs is 9. The van der Waals surface area contributed by atoms with E-state index in [0.29, 0.717) is 34.6 Å². The second-order valence-electron chi connectivity index (χ2n) is 15.6. The van der Waals surface area contributed by atoms with Crippen molar-refractivity contribution in [2.24, 2.45) is 0 Å². The van der Waals surface area contributed by atoms with Gasteiger partial charge in [0, 0.05) is 54.7 Å². The molecule has 63 heavy (non-hydrogen) atoms. The van der Waals surface area contributed by atoms with Gasteiger partial charge in [0.15, 0.2) is 28.9 Å². The molecule has 0 aliphatic carbocycles. The van der Waals surface area contributed by atoms with Crippen LogP contribution in [0.25, 0.3) is 128 Å². The summed E-state index contributed by atoms with van der Waals surface area (Å²) >= 11 is 0. The Hall–Kier alpha value is -8.75. The van der Waals surface area contributed by atoms with E-state index in [0.717, 1.165) is 93.7 Å². The fourth-order valence-electron chi connectivity index (χ4n) is 8.94. The second-order valence-corrected chi connectivity index (χ2v) is 15.6. The van der Waals surface area contributed by atoms with E-state index in [2.05, 4.69) is 83.4 Å². The summed E-state index contributed by atoms with van der Waals surface area (Å²) in [7, 11) is 0. The molecule has 0 saturated heterocycles. The molecule has 0 radical (unpaired) electrons. The average Bonchev–Trinajstić information content (AvgIpc) is 4.02. The monoisotopic (exact) mass is 808 g/mol. The number of hydrogen-bond acceptors (Lipinski definition) is 7. The topological polar surface area (TPSA) is 95.7 Å². The highest BCUT2D eigenvalue weighted by molar-refractivity contribution is 6.17. The van der Waals surface area contributed by atoms with Crippen molar-refractivity contribution in [2.75, 3.05) is 0 Å². The molecule has 0 unspecified atom stereocenters. The lowest BCUT2D eigenvalue weighted by atomic mass is 10.0. The van der Waals surface area contributed by atoms with Crippen molar-refractivity contribution >= 4 is 65.8 Å². The molecule has 0 saturated carbocycles. The predicted octanol–water partition coefficient (Wildman–Crippen LogP) is 13.9. The minimum Gasteiger partial charge on any atom is -0.456 e. The zero-order valence-electron chi connectivity index (χ0n) is 33.5. The molecular weight excluding hydrogens is 777 g/mol. The zero-order valence-corrected chi connectivity index (χ0v) is 33.5. The van der Waals surface area contributed by atoms with Crippen molar-refractivity contribution in [3.63, 3.8) is 0 Å². The first-order chi connectivity index (χ1) is 31.2. The summed E-state index contributed by atoms with van der Waals surface area (Å²) in [6.45, 7) is 0. The third-order valence-electron chi connectivity index (χ3n) is 11.9. The number of para-hydroxylation sites is 3. The summed E-state index contributed by atoms with van der Waals surface area (Å²) in [6, 6.07) is 65.8. The molecule has 0 aliphatic heterocycles. The Labute approximate surface area is 359 Å². The number of hydrogen-bond donors (Lipinski definition) is 0. The third-order valence-corrected chi connectivity index (χ3v) is 11.9. The van der Waals surface area contributed by atoms with Crippen LogP contribution >= 0.6 is 0 Å². The summed E-state index contributed by atoms with van der Waals surface area (Å²) in [5.74, 6) is 2.20. The molecule has 5 heterocycles. The van der Waals surface area contributed by atoms with Crippen LogP contribution in [0.1, 0.15) is 0 Å². The molecule has 294 valence electrons. The SMILES string of the molecule is c1ccc(-c2nc(-c3ccccc3)nc(-c3cc(-c4nc(-c5ccccc5)c5oc6ccccc6c5n4)ccc3-n3c4ccccc4c4cc5oc6ccccc6c5cc43)n2)cc1. The zero-order chi connectivity index (χ0) is 41.4. The van der Waals surface area contributed by atoms with Gasteiger partial charge in [-0.25, -0.2) is 24.9 Å². The van der Waals surface area contributed by atoms with Crippen LogP contribution in [0.15, 0.2) is 203 Å². The highest BCUT2D eigenvalue weighted by Gasteiger charge is 2.24. The Morgan fingerprint density at radius 1 is 0.333 bits per heavy atom. The van der Waals surface area contributed by atoms with Crippen molar-refractivity contribution in [3.05, 3.63) is 194 Å². The third kappa shape index (κ3) is 5.66. The fraction of sp³-hybridized carbons (Fsp3) is 0. The molecule has 0 bridgehead atoms.